The van der Waals surface area contributed by atoms with Crippen molar-refractivity contribution in [3.8, 4) is 5.69 Å². The third-order valence-electron chi connectivity index (χ3n) is 3.17. The van der Waals surface area contributed by atoms with Crippen LogP contribution in [0.3, 0.4) is 0 Å². The van der Waals surface area contributed by atoms with Gasteiger partial charge in [-0.25, -0.2) is 4.68 Å². The van der Waals surface area contributed by atoms with E-state index in [0.29, 0.717) is 6.54 Å². The number of hydrogen-bond acceptors (Lipinski definition) is 3. The van der Waals surface area contributed by atoms with E-state index in [9.17, 15) is 4.79 Å². The van der Waals surface area contributed by atoms with Crippen LogP contribution in [-0.4, -0.2) is 27.8 Å². The molecule has 0 saturated heterocycles. The topological polar surface area (TPSA) is 59.0 Å². The van der Waals surface area contributed by atoms with E-state index in [4.69, 9.17) is 0 Å². The van der Waals surface area contributed by atoms with Crippen LogP contribution in [0.25, 0.3) is 5.69 Å². The minimum atomic E-state index is -0.238. The molecule has 0 radical (unpaired) electrons. The van der Waals surface area contributed by atoms with E-state index in [0.717, 1.165) is 11.3 Å². The molecular weight excluding hydrogens is 264 g/mol. The molecule has 0 spiro atoms. The van der Waals surface area contributed by atoms with Crippen molar-refractivity contribution in [2.75, 3.05) is 0 Å². The van der Waals surface area contributed by atoms with Crippen LogP contribution in [0.4, 0.5) is 0 Å². The van der Waals surface area contributed by atoms with E-state index in [1.54, 1.807) is 6.20 Å². The number of benzene rings is 1. The molecule has 1 atom stereocenters. The average Bonchev–Trinajstić information content (AvgIpc) is 2.98. The number of hydrogen-bond donors (Lipinski definition) is 2. The zero-order chi connectivity index (χ0) is 15.2. The maximum atomic E-state index is 11.9. The van der Waals surface area contributed by atoms with Crippen LogP contribution in [0.5, 0.6) is 0 Å². The Balaban J connectivity index is 2.02. The van der Waals surface area contributed by atoms with Gasteiger partial charge in [0.15, 0.2) is 0 Å². The summed E-state index contributed by atoms with van der Waals surface area (Å²) in [5, 5.41) is 10.4. The summed E-state index contributed by atoms with van der Waals surface area (Å²) < 4.78 is 1.83. The summed E-state index contributed by atoms with van der Waals surface area (Å²) >= 11 is 0. The van der Waals surface area contributed by atoms with Crippen molar-refractivity contribution in [1.82, 2.24) is 20.4 Å². The van der Waals surface area contributed by atoms with E-state index < -0.39 is 0 Å². The van der Waals surface area contributed by atoms with Gasteiger partial charge >= 0.3 is 0 Å². The lowest BCUT2D eigenvalue weighted by molar-refractivity contribution is -0.123. The van der Waals surface area contributed by atoms with Gasteiger partial charge in [0.1, 0.15) is 0 Å². The van der Waals surface area contributed by atoms with E-state index in [-0.39, 0.29) is 18.0 Å². The predicted molar refractivity (Wildman–Crippen MR) is 83.1 cm³/mol. The molecule has 0 aliphatic heterocycles. The summed E-state index contributed by atoms with van der Waals surface area (Å²) in [7, 11) is 0. The quantitative estimate of drug-likeness (QED) is 0.852. The Morgan fingerprint density at radius 2 is 2.00 bits per heavy atom. The molecule has 0 aliphatic carbocycles. The number of aromatic nitrogens is 2. The second kappa shape index (κ2) is 7.04. The molecule has 21 heavy (non-hydrogen) atoms. The zero-order valence-electron chi connectivity index (χ0n) is 12.7. The normalized spacial score (nSPS) is 12.4. The van der Waals surface area contributed by atoms with Crippen molar-refractivity contribution < 1.29 is 4.79 Å². The number of para-hydroxylation sites is 1. The Labute approximate surface area is 125 Å². The van der Waals surface area contributed by atoms with E-state index in [1.807, 2.05) is 62.0 Å². The maximum absolute atomic E-state index is 11.9. The highest BCUT2D eigenvalue weighted by molar-refractivity contribution is 5.81. The first-order valence-corrected chi connectivity index (χ1v) is 7.19. The Kier molecular flexibility index (Phi) is 5.11. The molecule has 1 aromatic heterocycles. The number of rotatable bonds is 6. The molecule has 1 aromatic carbocycles. The van der Waals surface area contributed by atoms with Gasteiger partial charge in [0.05, 0.1) is 11.7 Å². The highest BCUT2D eigenvalue weighted by Gasteiger charge is 2.13. The van der Waals surface area contributed by atoms with Gasteiger partial charge < -0.3 is 10.6 Å². The number of nitrogens with one attached hydrogen (secondary N) is 2. The van der Waals surface area contributed by atoms with Crippen molar-refractivity contribution in [1.29, 1.82) is 0 Å². The molecular formula is C16H22N4O. The van der Waals surface area contributed by atoms with Crippen LogP contribution in [0.2, 0.25) is 0 Å². The summed E-state index contributed by atoms with van der Waals surface area (Å²) in [6.07, 6.45) is 3.66. The van der Waals surface area contributed by atoms with Crippen LogP contribution in [-0.2, 0) is 11.3 Å². The van der Waals surface area contributed by atoms with E-state index in [1.165, 1.54) is 0 Å². The third kappa shape index (κ3) is 4.16. The fraction of sp³-hybridized carbons (Fsp3) is 0.375. The summed E-state index contributed by atoms with van der Waals surface area (Å²) in [5.41, 5.74) is 2.12. The van der Waals surface area contributed by atoms with Crippen LogP contribution < -0.4 is 10.6 Å². The predicted octanol–water partition coefficient (Wildman–Crippen LogP) is 1.87. The van der Waals surface area contributed by atoms with Gasteiger partial charge in [-0.05, 0) is 38.5 Å². The molecule has 0 fully saturated rings. The van der Waals surface area contributed by atoms with Crippen molar-refractivity contribution >= 4 is 5.91 Å². The fourth-order valence-corrected chi connectivity index (χ4v) is 2.06. The molecule has 0 aliphatic rings. The summed E-state index contributed by atoms with van der Waals surface area (Å²) in [6.45, 7) is 6.40. The van der Waals surface area contributed by atoms with Crippen LogP contribution in [0.1, 0.15) is 26.3 Å². The van der Waals surface area contributed by atoms with Crippen LogP contribution in [0, 0.1) is 0 Å². The minimum absolute atomic E-state index is 0.0153. The first kappa shape index (κ1) is 15.3. The second-order valence-corrected chi connectivity index (χ2v) is 5.35. The number of carbonyl (C=O) groups is 1. The van der Waals surface area contributed by atoms with Gasteiger partial charge in [-0.2, -0.15) is 5.10 Å². The highest BCUT2D eigenvalue weighted by atomic mass is 16.2. The van der Waals surface area contributed by atoms with Gasteiger partial charge in [-0.15, -0.1) is 0 Å². The molecule has 2 N–H and O–H groups in total. The summed E-state index contributed by atoms with van der Waals surface area (Å²) in [6, 6.07) is 9.83. The van der Waals surface area contributed by atoms with E-state index in [2.05, 4.69) is 15.7 Å². The Hall–Kier alpha value is -2.14. The summed E-state index contributed by atoms with van der Waals surface area (Å²) in [5.74, 6) is 0.0153. The summed E-state index contributed by atoms with van der Waals surface area (Å²) in [4.78, 5) is 11.9. The Morgan fingerprint density at radius 1 is 1.24 bits per heavy atom. The first-order valence-electron chi connectivity index (χ1n) is 7.19. The SMILES string of the molecule is CC(C)NC(=O)C(C)NCc1ccccc1-n1cccn1. The maximum Gasteiger partial charge on any atom is 0.237 e. The van der Waals surface area contributed by atoms with Crippen LogP contribution >= 0.6 is 0 Å². The molecule has 2 aromatic rings. The number of amides is 1. The van der Waals surface area contributed by atoms with Gasteiger partial charge in [0.25, 0.3) is 0 Å². The molecule has 5 nitrogen and oxygen atoms in total. The van der Waals surface area contributed by atoms with Gasteiger partial charge in [-0.1, -0.05) is 18.2 Å². The lowest BCUT2D eigenvalue weighted by Gasteiger charge is -2.17. The molecule has 5 heteroatoms. The van der Waals surface area contributed by atoms with Gasteiger partial charge in [-0.3, -0.25) is 4.79 Å². The van der Waals surface area contributed by atoms with Crippen molar-refractivity contribution in [3.05, 3.63) is 48.3 Å². The molecule has 1 unspecified atom stereocenters. The average molecular weight is 286 g/mol. The van der Waals surface area contributed by atoms with E-state index >= 15 is 0 Å². The fourth-order valence-electron chi connectivity index (χ4n) is 2.06. The first-order chi connectivity index (χ1) is 10.1. The van der Waals surface area contributed by atoms with Gasteiger partial charge in [0, 0.05) is 25.0 Å². The molecule has 1 heterocycles. The Bertz CT molecular complexity index is 578. The zero-order valence-corrected chi connectivity index (χ0v) is 12.7. The molecule has 0 bridgehead atoms. The lowest BCUT2D eigenvalue weighted by atomic mass is 10.1. The third-order valence-corrected chi connectivity index (χ3v) is 3.17. The standard InChI is InChI=1S/C16H22N4O/c1-12(2)19-16(21)13(3)17-11-14-7-4-5-8-15(14)20-10-6-9-18-20/h4-10,12-13,17H,11H2,1-3H3,(H,19,21). The van der Waals surface area contributed by atoms with Crippen molar-refractivity contribution in [2.24, 2.45) is 0 Å². The van der Waals surface area contributed by atoms with Crippen LogP contribution in [0.15, 0.2) is 42.7 Å². The largest absolute Gasteiger partial charge is 0.353 e. The molecule has 2 rings (SSSR count). The number of nitrogens with zero attached hydrogens (tertiary/aromatic N) is 2. The van der Waals surface area contributed by atoms with Gasteiger partial charge in [0.2, 0.25) is 5.91 Å². The molecule has 0 saturated carbocycles. The molecule has 1 amide bonds. The molecule has 112 valence electrons. The van der Waals surface area contributed by atoms with Crippen molar-refractivity contribution in [3.63, 3.8) is 0 Å². The highest BCUT2D eigenvalue weighted by Crippen LogP contribution is 2.13. The van der Waals surface area contributed by atoms with Crippen molar-refractivity contribution in [2.45, 2.75) is 39.4 Å². The second-order valence-electron chi connectivity index (χ2n) is 5.35. The minimum Gasteiger partial charge on any atom is -0.353 e. The Morgan fingerprint density at radius 3 is 2.67 bits per heavy atom. The monoisotopic (exact) mass is 286 g/mol. The lowest BCUT2D eigenvalue weighted by Crippen LogP contribution is -2.44. The number of carbonyl (C=O) groups excluding carboxylic acids is 1. The smallest absolute Gasteiger partial charge is 0.237 e.